The second-order valence-electron chi connectivity index (χ2n) is 6.62. The SMILES string of the molecule is CCOc1ccc(N([C@H](C)C(=O)N/N=C\c2cc3c(cc2Br)OCO3)S(C)(=O)=O)cc1. The first-order valence-corrected chi connectivity index (χ1v) is 12.0. The molecular formula is C20H22BrN3O6S. The monoisotopic (exact) mass is 511 g/mol. The Morgan fingerprint density at radius 2 is 1.94 bits per heavy atom. The van der Waals surface area contributed by atoms with E-state index in [-0.39, 0.29) is 6.79 Å². The molecule has 1 amide bonds. The summed E-state index contributed by atoms with van der Waals surface area (Å²) in [5, 5.41) is 3.95. The minimum Gasteiger partial charge on any atom is -0.494 e. The number of sulfonamides is 1. The van der Waals surface area contributed by atoms with Gasteiger partial charge in [0.1, 0.15) is 11.8 Å². The Hall–Kier alpha value is -2.79. The minimum absolute atomic E-state index is 0.142. The van der Waals surface area contributed by atoms with Crippen molar-refractivity contribution < 1.29 is 27.4 Å². The van der Waals surface area contributed by atoms with Crippen LogP contribution in [0.2, 0.25) is 0 Å². The van der Waals surface area contributed by atoms with Gasteiger partial charge in [0.25, 0.3) is 5.91 Å². The summed E-state index contributed by atoms with van der Waals surface area (Å²) in [6.07, 6.45) is 2.47. The van der Waals surface area contributed by atoms with Gasteiger partial charge in [-0.15, -0.1) is 0 Å². The van der Waals surface area contributed by atoms with Crippen LogP contribution in [0.5, 0.6) is 17.2 Å². The van der Waals surface area contributed by atoms with E-state index in [1.54, 1.807) is 36.4 Å². The van der Waals surface area contributed by atoms with Crippen LogP contribution in [-0.2, 0) is 14.8 Å². The van der Waals surface area contributed by atoms with Crippen LogP contribution in [-0.4, -0.2) is 46.2 Å². The Labute approximate surface area is 189 Å². The summed E-state index contributed by atoms with van der Waals surface area (Å²) >= 11 is 3.41. The molecule has 0 saturated carbocycles. The molecule has 2 aromatic rings. The Morgan fingerprint density at radius 1 is 1.29 bits per heavy atom. The smallest absolute Gasteiger partial charge is 0.263 e. The lowest BCUT2D eigenvalue weighted by molar-refractivity contribution is -0.121. The van der Waals surface area contributed by atoms with Gasteiger partial charge in [-0.1, -0.05) is 0 Å². The number of nitrogens with zero attached hydrogens (tertiary/aromatic N) is 2. The van der Waals surface area contributed by atoms with Gasteiger partial charge in [-0.05, 0) is 66.2 Å². The van der Waals surface area contributed by atoms with Crippen molar-refractivity contribution in [3.63, 3.8) is 0 Å². The van der Waals surface area contributed by atoms with Gasteiger partial charge in [-0.2, -0.15) is 5.10 Å². The van der Waals surface area contributed by atoms with Gasteiger partial charge in [0.05, 0.1) is 24.8 Å². The van der Waals surface area contributed by atoms with E-state index in [0.717, 1.165) is 10.6 Å². The molecule has 0 unspecified atom stereocenters. The number of fused-ring (bicyclic) bond motifs is 1. The molecule has 9 nitrogen and oxygen atoms in total. The number of nitrogens with one attached hydrogen (secondary N) is 1. The average Bonchev–Trinajstić information content (AvgIpc) is 3.15. The van der Waals surface area contributed by atoms with Gasteiger partial charge in [0.15, 0.2) is 11.5 Å². The maximum Gasteiger partial charge on any atom is 0.263 e. The van der Waals surface area contributed by atoms with Crippen molar-refractivity contribution in [3.05, 3.63) is 46.4 Å². The number of hydrogen-bond acceptors (Lipinski definition) is 7. The first-order valence-electron chi connectivity index (χ1n) is 9.35. The van der Waals surface area contributed by atoms with E-state index in [4.69, 9.17) is 14.2 Å². The number of hydrazone groups is 1. The van der Waals surface area contributed by atoms with Crippen molar-refractivity contribution in [1.29, 1.82) is 0 Å². The van der Waals surface area contributed by atoms with Crippen LogP contribution >= 0.6 is 15.9 Å². The number of ether oxygens (including phenoxy) is 3. The number of carbonyl (C=O) groups is 1. The van der Waals surface area contributed by atoms with Crippen molar-refractivity contribution >= 4 is 43.8 Å². The van der Waals surface area contributed by atoms with Crippen LogP contribution in [0.15, 0.2) is 46.0 Å². The summed E-state index contributed by atoms with van der Waals surface area (Å²) in [7, 11) is -3.74. The van der Waals surface area contributed by atoms with Gasteiger partial charge < -0.3 is 14.2 Å². The van der Waals surface area contributed by atoms with Crippen molar-refractivity contribution in [2.45, 2.75) is 19.9 Å². The van der Waals surface area contributed by atoms with Gasteiger partial charge in [-0.3, -0.25) is 9.10 Å². The first kappa shape index (κ1) is 22.9. The molecule has 0 fully saturated rings. The average molecular weight is 512 g/mol. The molecule has 1 heterocycles. The normalized spacial score (nSPS) is 13.8. The predicted octanol–water partition coefficient (Wildman–Crippen LogP) is 2.88. The zero-order chi connectivity index (χ0) is 22.6. The van der Waals surface area contributed by atoms with Crippen molar-refractivity contribution in [2.75, 3.05) is 24.0 Å². The van der Waals surface area contributed by atoms with Crippen LogP contribution in [0.4, 0.5) is 5.69 Å². The van der Waals surface area contributed by atoms with Crippen molar-refractivity contribution in [2.24, 2.45) is 5.10 Å². The van der Waals surface area contributed by atoms with Gasteiger partial charge >= 0.3 is 0 Å². The van der Waals surface area contributed by atoms with Crippen LogP contribution in [0.25, 0.3) is 0 Å². The maximum atomic E-state index is 12.6. The molecule has 0 spiro atoms. The van der Waals surface area contributed by atoms with Crippen LogP contribution < -0.4 is 23.9 Å². The number of benzene rings is 2. The van der Waals surface area contributed by atoms with Crippen molar-refractivity contribution in [3.8, 4) is 17.2 Å². The summed E-state index contributed by atoms with van der Waals surface area (Å²) in [6, 6.07) is 8.89. The van der Waals surface area contributed by atoms with Gasteiger partial charge in [0.2, 0.25) is 16.8 Å². The number of carbonyl (C=O) groups excluding carboxylic acids is 1. The maximum absolute atomic E-state index is 12.6. The molecule has 2 aromatic carbocycles. The Kier molecular flexibility index (Phi) is 7.06. The topological polar surface area (TPSA) is 107 Å². The highest BCUT2D eigenvalue weighted by molar-refractivity contribution is 9.10. The summed E-state index contributed by atoms with van der Waals surface area (Å²) in [5.41, 5.74) is 3.39. The van der Waals surface area contributed by atoms with E-state index < -0.39 is 22.0 Å². The lowest BCUT2D eigenvalue weighted by Gasteiger charge is -2.27. The summed E-state index contributed by atoms with van der Waals surface area (Å²) < 4.78 is 42.5. The quantitative estimate of drug-likeness (QED) is 0.431. The number of rotatable bonds is 8. The summed E-state index contributed by atoms with van der Waals surface area (Å²) in [6.45, 7) is 3.97. The number of halogens is 1. The van der Waals surface area contributed by atoms with Gasteiger partial charge in [0, 0.05) is 10.0 Å². The Bertz CT molecular complexity index is 1090. The second-order valence-corrected chi connectivity index (χ2v) is 9.34. The lowest BCUT2D eigenvalue weighted by Crippen LogP contribution is -2.46. The van der Waals surface area contributed by atoms with Crippen LogP contribution in [0.1, 0.15) is 19.4 Å². The van der Waals surface area contributed by atoms with Crippen molar-refractivity contribution in [1.82, 2.24) is 5.43 Å². The fourth-order valence-corrected chi connectivity index (χ4v) is 4.56. The Balaban J connectivity index is 1.74. The van der Waals surface area contributed by atoms with Crippen LogP contribution in [0, 0.1) is 0 Å². The third-order valence-electron chi connectivity index (χ3n) is 4.36. The molecule has 31 heavy (non-hydrogen) atoms. The third kappa shape index (κ3) is 5.47. The summed E-state index contributed by atoms with van der Waals surface area (Å²) in [5.74, 6) is 1.20. The molecule has 0 radical (unpaired) electrons. The number of amides is 1. The fraction of sp³-hybridized carbons (Fsp3) is 0.300. The van der Waals surface area contributed by atoms with Gasteiger partial charge in [-0.25, -0.2) is 13.8 Å². The molecule has 3 rings (SSSR count). The first-order chi connectivity index (χ1) is 14.7. The molecular weight excluding hydrogens is 490 g/mol. The molecule has 1 atom stereocenters. The van der Waals surface area contributed by atoms with E-state index in [2.05, 4.69) is 26.5 Å². The predicted molar refractivity (Wildman–Crippen MR) is 120 cm³/mol. The minimum atomic E-state index is -3.74. The zero-order valence-electron chi connectivity index (χ0n) is 17.2. The highest BCUT2D eigenvalue weighted by Crippen LogP contribution is 2.36. The number of hydrogen-bond donors (Lipinski definition) is 1. The van der Waals surface area contributed by atoms with Crippen LogP contribution in [0.3, 0.4) is 0 Å². The molecule has 1 N–H and O–H groups in total. The van der Waals surface area contributed by atoms with E-state index in [9.17, 15) is 13.2 Å². The van der Waals surface area contributed by atoms with E-state index >= 15 is 0 Å². The summed E-state index contributed by atoms with van der Waals surface area (Å²) in [4.78, 5) is 12.6. The third-order valence-corrected chi connectivity index (χ3v) is 6.29. The fourth-order valence-electron chi connectivity index (χ4n) is 2.96. The van der Waals surface area contributed by atoms with E-state index in [1.807, 2.05) is 6.92 Å². The molecule has 166 valence electrons. The molecule has 0 aliphatic carbocycles. The Morgan fingerprint density at radius 3 is 2.55 bits per heavy atom. The second kappa shape index (κ2) is 9.56. The molecule has 0 aromatic heterocycles. The lowest BCUT2D eigenvalue weighted by atomic mass is 10.2. The van der Waals surface area contributed by atoms with E-state index in [1.165, 1.54) is 13.1 Å². The largest absolute Gasteiger partial charge is 0.494 e. The molecule has 0 bridgehead atoms. The highest BCUT2D eigenvalue weighted by Gasteiger charge is 2.29. The molecule has 11 heteroatoms. The standard InChI is InChI=1S/C20H22BrN3O6S/c1-4-28-16-7-5-15(6-8-16)24(31(3,26)27)13(2)20(25)23-22-11-14-9-18-19(10-17(14)21)30-12-29-18/h5-11,13H,4,12H2,1-3H3,(H,23,25)/b22-11-/t13-/m1/s1. The highest BCUT2D eigenvalue weighted by atomic mass is 79.9. The molecule has 1 aliphatic rings. The molecule has 0 saturated heterocycles. The van der Waals surface area contributed by atoms with E-state index in [0.29, 0.717) is 39.6 Å². The zero-order valence-corrected chi connectivity index (χ0v) is 19.6. The number of anilines is 1. The molecule has 1 aliphatic heterocycles.